The summed E-state index contributed by atoms with van der Waals surface area (Å²) in [5.41, 5.74) is 0. The summed E-state index contributed by atoms with van der Waals surface area (Å²) in [6.07, 6.45) is 0. The molecule has 0 aliphatic heterocycles. The van der Waals surface area contributed by atoms with Crippen molar-refractivity contribution in [3.63, 3.8) is 0 Å². The van der Waals surface area contributed by atoms with Crippen LogP contribution in [0.4, 0.5) is 0 Å². The first-order valence-electron chi connectivity index (χ1n) is 6.15. The van der Waals surface area contributed by atoms with Crippen LogP contribution in [0, 0.1) is 0 Å². The maximum Gasteiger partial charge on any atom is 0.162 e. The molecule has 0 amide bonds. The van der Waals surface area contributed by atoms with Gasteiger partial charge in [0.2, 0.25) is 0 Å². The number of rotatable bonds is 5. The fourth-order valence-electron chi connectivity index (χ4n) is 1.30. The van der Waals surface area contributed by atoms with Gasteiger partial charge in [-0.2, -0.15) is 0 Å². The molecule has 0 aromatic carbocycles. The molecule has 1 aromatic heterocycles. The van der Waals surface area contributed by atoms with Crippen LogP contribution >= 0.6 is 0 Å². The second-order valence-electron chi connectivity index (χ2n) is 5.78. The van der Waals surface area contributed by atoms with E-state index in [1.54, 1.807) is 26.8 Å². The number of hydrogen-bond donors (Lipinski definition) is 1. The standard InChI is InChI=1S/C13H23NO3S/c1-10(2)14-8-11-6-7-12(17-11)9-18(15,16)13(3,4)5/h6-7,10,14H,8-9H2,1-5H3. The molecule has 1 aromatic rings. The Bertz CT molecular complexity index is 481. The van der Waals surface area contributed by atoms with Crippen molar-refractivity contribution in [3.8, 4) is 0 Å². The first kappa shape index (κ1) is 15.2. The minimum Gasteiger partial charge on any atom is -0.464 e. The van der Waals surface area contributed by atoms with Gasteiger partial charge in [0.25, 0.3) is 0 Å². The first-order valence-corrected chi connectivity index (χ1v) is 7.80. The quantitative estimate of drug-likeness (QED) is 0.895. The predicted octanol–water partition coefficient (Wildman–Crippen LogP) is 2.49. The van der Waals surface area contributed by atoms with Gasteiger partial charge in [0.05, 0.1) is 11.3 Å². The monoisotopic (exact) mass is 273 g/mol. The van der Waals surface area contributed by atoms with Crippen molar-refractivity contribution in [1.29, 1.82) is 0 Å². The van der Waals surface area contributed by atoms with Crippen molar-refractivity contribution in [2.45, 2.75) is 57.7 Å². The van der Waals surface area contributed by atoms with E-state index in [0.717, 1.165) is 5.76 Å². The lowest BCUT2D eigenvalue weighted by molar-refractivity contribution is 0.441. The van der Waals surface area contributed by atoms with Crippen molar-refractivity contribution >= 4 is 9.84 Å². The average Bonchev–Trinajstić information content (AvgIpc) is 2.60. The van der Waals surface area contributed by atoms with E-state index in [2.05, 4.69) is 5.32 Å². The molecule has 0 bridgehead atoms. The highest BCUT2D eigenvalue weighted by atomic mass is 32.2. The van der Waals surface area contributed by atoms with E-state index in [9.17, 15) is 8.42 Å². The van der Waals surface area contributed by atoms with E-state index in [1.165, 1.54) is 0 Å². The fourth-order valence-corrected chi connectivity index (χ4v) is 2.27. The highest BCUT2D eigenvalue weighted by Gasteiger charge is 2.30. The molecule has 0 fully saturated rings. The van der Waals surface area contributed by atoms with Crippen LogP contribution in [0.15, 0.2) is 16.5 Å². The molecular formula is C13H23NO3S. The number of hydrogen-bond acceptors (Lipinski definition) is 4. The molecule has 0 saturated carbocycles. The number of furan rings is 1. The lowest BCUT2D eigenvalue weighted by Crippen LogP contribution is -2.29. The Morgan fingerprint density at radius 3 is 2.28 bits per heavy atom. The third-order valence-electron chi connectivity index (χ3n) is 2.67. The third-order valence-corrected chi connectivity index (χ3v) is 5.20. The van der Waals surface area contributed by atoms with Crippen LogP contribution in [0.5, 0.6) is 0 Å². The molecule has 1 rings (SSSR count). The van der Waals surface area contributed by atoms with E-state index in [1.807, 2.05) is 19.9 Å². The highest BCUT2D eigenvalue weighted by molar-refractivity contribution is 7.91. The van der Waals surface area contributed by atoms with Crippen LogP contribution in [0.3, 0.4) is 0 Å². The molecule has 18 heavy (non-hydrogen) atoms. The summed E-state index contributed by atoms with van der Waals surface area (Å²) in [6, 6.07) is 3.93. The molecule has 1 N–H and O–H groups in total. The van der Waals surface area contributed by atoms with Gasteiger partial charge in [-0.15, -0.1) is 0 Å². The molecule has 0 aliphatic carbocycles. The van der Waals surface area contributed by atoms with Crippen LogP contribution in [0.2, 0.25) is 0 Å². The maximum absolute atomic E-state index is 12.0. The Hall–Kier alpha value is -0.810. The van der Waals surface area contributed by atoms with Gasteiger partial charge >= 0.3 is 0 Å². The van der Waals surface area contributed by atoms with Crippen LogP contribution in [-0.4, -0.2) is 19.2 Å². The Labute approximate surface area is 110 Å². The van der Waals surface area contributed by atoms with Crippen LogP contribution in [-0.2, 0) is 22.1 Å². The SMILES string of the molecule is CC(C)NCc1ccc(CS(=O)(=O)C(C)(C)C)o1. The molecule has 0 aliphatic rings. The Kier molecular flexibility index (Phi) is 4.61. The Morgan fingerprint density at radius 1 is 1.22 bits per heavy atom. The smallest absolute Gasteiger partial charge is 0.162 e. The fraction of sp³-hybridized carbons (Fsp3) is 0.692. The van der Waals surface area contributed by atoms with Gasteiger partial charge in [-0.05, 0) is 32.9 Å². The average molecular weight is 273 g/mol. The number of sulfone groups is 1. The summed E-state index contributed by atoms with van der Waals surface area (Å²) >= 11 is 0. The van der Waals surface area contributed by atoms with E-state index in [0.29, 0.717) is 18.3 Å². The molecule has 0 unspecified atom stereocenters. The summed E-state index contributed by atoms with van der Waals surface area (Å²) in [7, 11) is -3.18. The van der Waals surface area contributed by atoms with Gasteiger partial charge in [0.15, 0.2) is 9.84 Å². The minimum atomic E-state index is -3.18. The van der Waals surface area contributed by atoms with Crippen LogP contribution < -0.4 is 5.32 Å². The van der Waals surface area contributed by atoms with Gasteiger partial charge in [0.1, 0.15) is 17.3 Å². The van der Waals surface area contributed by atoms with E-state index < -0.39 is 14.6 Å². The second kappa shape index (κ2) is 5.45. The number of nitrogens with one attached hydrogen (secondary N) is 1. The predicted molar refractivity (Wildman–Crippen MR) is 73.1 cm³/mol. The summed E-state index contributed by atoms with van der Waals surface area (Å²) in [5, 5.41) is 3.22. The van der Waals surface area contributed by atoms with Crippen molar-refractivity contribution in [2.24, 2.45) is 0 Å². The Morgan fingerprint density at radius 2 is 1.78 bits per heavy atom. The molecule has 104 valence electrons. The van der Waals surface area contributed by atoms with Gasteiger partial charge in [-0.25, -0.2) is 8.42 Å². The van der Waals surface area contributed by atoms with Gasteiger partial charge in [-0.1, -0.05) is 13.8 Å². The molecule has 0 atom stereocenters. The summed E-state index contributed by atoms with van der Waals surface area (Å²) in [6.45, 7) is 9.82. The first-order chi connectivity index (χ1) is 8.12. The topological polar surface area (TPSA) is 59.3 Å². The normalized spacial score (nSPS) is 13.2. The lowest BCUT2D eigenvalue weighted by Gasteiger charge is -2.18. The van der Waals surface area contributed by atoms with E-state index in [-0.39, 0.29) is 5.75 Å². The summed E-state index contributed by atoms with van der Waals surface area (Å²) < 4.78 is 28.8. The van der Waals surface area contributed by atoms with Crippen molar-refractivity contribution in [2.75, 3.05) is 0 Å². The highest BCUT2D eigenvalue weighted by Crippen LogP contribution is 2.21. The summed E-state index contributed by atoms with van der Waals surface area (Å²) in [5.74, 6) is 1.23. The summed E-state index contributed by atoms with van der Waals surface area (Å²) in [4.78, 5) is 0. The lowest BCUT2D eigenvalue weighted by atomic mass is 10.3. The molecule has 1 heterocycles. The molecule has 0 spiro atoms. The molecule has 0 saturated heterocycles. The maximum atomic E-state index is 12.0. The minimum absolute atomic E-state index is 0.0435. The second-order valence-corrected chi connectivity index (χ2v) is 8.52. The largest absolute Gasteiger partial charge is 0.464 e. The van der Waals surface area contributed by atoms with Gasteiger partial charge in [-0.3, -0.25) is 0 Å². The van der Waals surface area contributed by atoms with E-state index in [4.69, 9.17) is 4.42 Å². The van der Waals surface area contributed by atoms with Crippen molar-refractivity contribution in [3.05, 3.63) is 23.7 Å². The van der Waals surface area contributed by atoms with Gasteiger partial charge < -0.3 is 9.73 Å². The molecule has 0 radical (unpaired) electrons. The zero-order chi connectivity index (χ0) is 14.0. The molecule has 5 heteroatoms. The van der Waals surface area contributed by atoms with Crippen molar-refractivity contribution < 1.29 is 12.8 Å². The van der Waals surface area contributed by atoms with Crippen LogP contribution in [0.25, 0.3) is 0 Å². The molecule has 4 nitrogen and oxygen atoms in total. The molecular weight excluding hydrogens is 250 g/mol. The van der Waals surface area contributed by atoms with E-state index >= 15 is 0 Å². The zero-order valence-electron chi connectivity index (χ0n) is 11.8. The van der Waals surface area contributed by atoms with Crippen molar-refractivity contribution in [1.82, 2.24) is 5.32 Å². The van der Waals surface area contributed by atoms with Crippen LogP contribution in [0.1, 0.15) is 46.1 Å². The van der Waals surface area contributed by atoms with Gasteiger partial charge in [0, 0.05) is 6.04 Å². The zero-order valence-corrected chi connectivity index (χ0v) is 12.6. The third kappa shape index (κ3) is 4.14. The Balaban J connectivity index is 2.71.